The Hall–Kier alpha value is -3.32. The summed E-state index contributed by atoms with van der Waals surface area (Å²) in [6.45, 7) is 10.4. The molecule has 1 atom stereocenters. The number of hydrogen-bond acceptors (Lipinski definition) is 5. The molecule has 0 radical (unpaired) electrons. The Morgan fingerprint density at radius 2 is 1.97 bits per heavy atom. The second-order valence-electron chi connectivity index (χ2n) is 9.59. The van der Waals surface area contributed by atoms with Crippen LogP contribution in [0.1, 0.15) is 39.9 Å². The molecule has 2 amide bonds. The van der Waals surface area contributed by atoms with E-state index in [4.69, 9.17) is 0 Å². The third-order valence-corrected chi connectivity index (χ3v) is 7.13. The fraction of sp³-hybridized carbons (Fsp3) is 0.407. The fourth-order valence-electron chi connectivity index (χ4n) is 5.14. The fourth-order valence-corrected chi connectivity index (χ4v) is 5.14. The Morgan fingerprint density at radius 3 is 2.76 bits per heavy atom. The molecule has 0 bridgehead atoms. The molecule has 5 rings (SSSR count). The first-order chi connectivity index (χ1) is 16.5. The van der Waals surface area contributed by atoms with E-state index in [0.29, 0.717) is 13.1 Å². The van der Waals surface area contributed by atoms with Crippen LogP contribution in [-0.2, 0) is 19.5 Å². The molecule has 1 fully saturated rings. The van der Waals surface area contributed by atoms with Gasteiger partial charge in [-0.05, 0) is 68.0 Å². The van der Waals surface area contributed by atoms with Crippen LogP contribution in [0.5, 0.6) is 0 Å². The van der Waals surface area contributed by atoms with Crippen LogP contribution >= 0.6 is 0 Å². The Labute approximate surface area is 201 Å². The van der Waals surface area contributed by atoms with Crippen LogP contribution in [0.25, 0.3) is 11.3 Å². The summed E-state index contributed by atoms with van der Waals surface area (Å²) >= 11 is 0. The van der Waals surface area contributed by atoms with Crippen molar-refractivity contribution in [3.05, 3.63) is 76.2 Å². The number of fused-ring (bicyclic) bond motifs is 1. The number of pyridine rings is 1. The van der Waals surface area contributed by atoms with Crippen LogP contribution in [0.3, 0.4) is 0 Å². The zero-order valence-electron chi connectivity index (χ0n) is 20.2. The Kier molecular flexibility index (Phi) is 6.28. The minimum Gasteiger partial charge on any atom is -0.334 e. The summed E-state index contributed by atoms with van der Waals surface area (Å²) in [5.41, 5.74) is 9.12. The largest absolute Gasteiger partial charge is 0.334 e. The molecule has 1 unspecified atom stereocenters. The molecule has 34 heavy (non-hydrogen) atoms. The number of urea groups is 1. The standard InChI is InChI=1S/C27H32N6O/c1-18-5-4-6-19(2)24(18)16-32-11-9-23(15-32)30-27(34)33-12-8-22-14-29-31-26(25(22)17-33)21-7-10-28-20(3)13-21/h4-7,10,13-14,23H,8-9,11-12,15-17H2,1-3H3,(H,30,34). The van der Waals surface area contributed by atoms with Gasteiger partial charge in [0.05, 0.1) is 11.9 Å². The summed E-state index contributed by atoms with van der Waals surface area (Å²) in [4.78, 5) is 21.8. The number of carbonyl (C=O) groups is 1. The van der Waals surface area contributed by atoms with Gasteiger partial charge in [-0.15, -0.1) is 0 Å². The molecule has 2 aromatic heterocycles. The third kappa shape index (κ3) is 4.66. The highest BCUT2D eigenvalue weighted by atomic mass is 16.2. The topological polar surface area (TPSA) is 74.2 Å². The van der Waals surface area contributed by atoms with Gasteiger partial charge in [0.15, 0.2) is 0 Å². The lowest BCUT2D eigenvalue weighted by molar-refractivity contribution is 0.188. The highest BCUT2D eigenvalue weighted by molar-refractivity contribution is 5.76. The smallest absolute Gasteiger partial charge is 0.317 e. The van der Waals surface area contributed by atoms with Gasteiger partial charge in [-0.2, -0.15) is 10.2 Å². The SMILES string of the molecule is Cc1cc(-c2nncc3c2CN(C(=O)NC2CCN(Cc4c(C)cccc4C)C2)CC3)ccn1. The van der Waals surface area contributed by atoms with Gasteiger partial charge in [0.2, 0.25) is 0 Å². The molecule has 3 aromatic rings. The summed E-state index contributed by atoms with van der Waals surface area (Å²) in [6, 6.07) is 10.6. The van der Waals surface area contributed by atoms with E-state index < -0.39 is 0 Å². The van der Waals surface area contributed by atoms with E-state index >= 15 is 0 Å². The summed E-state index contributed by atoms with van der Waals surface area (Å²) in [7, 11) is 0. The van der Waals surface area contributed by atoms with Crippen LogP contribution in [0.4, 0.5) is 4.79 Å². The number of aromatic nitrogens is 3. The Bertz CT molecular complexity index is 1190. The molecule has 0 spiro atoms. The molecule has 4 heterocycles. The van der Waals surface area contributed by atoms with Crippen LogP contribution < -0.4 is 5.32 Å². The van der Waals surface area contributed by atoms with Gasteiger partial charge in [0, 0.05) is 61.8 Å². The van der Waals surface area contributed by atoms with Crippen LogP contribution in [0.2, 0.25) is 0 Å². The predicted molar refractivity (Wildman–Crippen MR) is 132 cm³/mol. The van der Waals surface area contributed by atoms with Gasteiger partial charge >= 0.3 is 6.03 Å². The van der Waals surface area contributed by atoms with Gasteiger partial charge in [-0.25, -0.2) is 4.79 Å². The van der Waals surface area contributed by atoms with Crippen molar-refractivity contribution in [1.82, 2.24) is 30.3 Å². The van der Waals surface area contributed by atoms with E-state index in [1.54, 1.807) is 6.20 Å². The molecule has 0 saturated carbocycles. The molecule has 1 saturated heterocycles. The van der Waals surface area contributed by atoms with Crippen molar-refractivity contribution < 1.29 is 4.79 Å². The van der Waals surface area contributed by atoms with Crippen molar-refractivity contribution in [2.75, 3.05) is 19.6 Å². The van der Waals surface area contributed by atoms with Crippen molar-refractivity contribution in [3.63, 3.8) is 0 Å². The normalized spacial score (nSPS) is 18.1. The zero-order valence-corrected chi connectivity index (χ0v) is 20.2. The van der Waals surface area contributed by atoms with E-state index in [0.717, 1.165) is 55.0 Å². The van der Waals surface area contributed by atoms with E-state index in [-0.39, 0.29) is 12.1 Å². The molecule has 1 aromatic carbocycles. The molecule has 176 valence electrons. The number of rotatable bonds is 4. The van der Waals surface area contributed by atoms with Crippen molar-refractivity contribution >= 4 is 6.03 Å². The van der Waals surface area contributed by atoms with Gasteiger partial charge < -0.3 is 10.2 Å². The van der Waals surface area contributed by atoms with Crippen molar-refractivity contribution in [1.29, 1.82) is 0 Å². The molecular weight excluding hydrogens is 424 g/mol. The molecule has 0 aliphatic carbocycles. The predicted octanol–water partition coefficient (Wildman–Crippen LogP) is 3.81. The number of nitrogens with one attached hydrogen (secondary N) is 1. The summed E-state index contributed by atoms with van der Waals surface area (Å²) < 4.78 is 0. The number of nitrogens with zero attached hydrogens (tertiary/aromatic N) is 5. The first kappa shape index (κ1) is 22.5. The number of likely N-dealkylation sites (tertiary alicyclic amines) is 1. The lowest BCUT2D eigenvalue weighted by atomic mass is 9.97. The molecule has 2 aliphatic heterocycles. The van der Waals surface area contributed by atoms with Crippen LogP contribution in [-0.4, -0.2) is 56.7 Å². The lowest BCUT2D eigenvalue weighted by Crippen LogP contribution is -2.47. The summed E-state index contributed by atoms with van der Waals surface area (Å²) in [5.74, 6) is 0. The maximum atomic E-state index is 13.2. The maximum Gasteiger partial charge on any atom is 0.317 e. The minimum atomic E-state index is 0.0123. The molecule has 1 N–H and O–H groups in total. The van der Waals surface area contributed by atoms with E-state index in [9.17, 15) is 4.79 Å². The number of amides is 2. The Balaban J connectivity index is 1.24. The quantitative estimate of drug-likeness (QED) is 0.646. The lowest BCUT2D eigenvalue weighted by Gasteiger charge is -2.30. The average Bonchev–Trinajstić information content (AvgIpc) is 3.27. The van der Waals surface area contributed by atoms with Crippen molar-refractivity contribution in [3.8, 4) is 11.3 Å². The average molecular weight is 457 g/mol. The molecule has 7 nitrogen and oxygen atoms in total. The second kappa shape index (κ2) is 9.50. The first-order valence-electron chi connectivity index (χ1n) is 12.1. The third-order valence-electron chi connectivity index (χ3n) is 7.13. The number of benzene rings is 1. The summed E-state index contributed by atoms with van der Waals surface area (Å²) in [5, 5.41) is 11.9. The van der Waals surface area contributed by atoms with Gasteiger partial charge in [-0.1, -0.05) is 18.2 Å². The maximum absolute atomic E-state index is 13.2. The van der Waals surface area contributed by atoms with Gasteiger partial charge in [-0.3, -0.25) is 9.88 Å². The van der Waals surface area contributed by atoms with Crippen LogP contribution in [0.15, 0.2) is 42.7 Å². The highest BCUT2D eigenvalue weighted by Crippen LogP contribution is 2.28. The van der Waals surface area contributed by atoms with Crippen LogP contribution in [0, 0.1) is 20.8 Å². The number of carbonyl (C=O) groups excluding carboxylic acids is 1. The van der Waals surface area contributed by atoms with E-state index in [1.807, 2.05) is 30.2 Å². The second-order valence-corrected chi connectivity index (χ2v) is 9.59. The summed E-state index contributed by atoms with van der Waals surface area (Å²) in [6.07, 6.45) is 5.40. The molecule has 2 aliphatic rings. The Morgan fingerprint density at radius 1 is 1.15 bits per heavy atom. The zero-order chi connectivity index (χ0) is 23.7. The van der Waals surface area contributed by atoms with E-state index in [1.165, 1.54) is 22.3 Å². The minimum absolute atomic E-state index is 0.0123. The monoisotopic (exact) mass is 456 g/mol. The highest BCUT2D eigenvalue weighted by Gasteiger charge is 2.29. The van der Waals surface area contributed by atoms with Gasteiger partial charge in [0.25, 0.3) is 0 Å². The van der Waals surface area contributed by atoms with Gasteiger partial charge in [0.1, 0.15) is 0 Å². The first-order valence-corrected chi connectivity index (χ1v) is 12.1. The molecular formula is C27H32N6O. The van der Waals surface area contributed by atoms with Crippen molar-refractivity contribution in [2.45, 2.75) is 52.7 Å². The number of aryl methyl sites for hydroxylation is 3. The van der Waals surface area contributed by atoms with E-state index in [2.05, 4.69) is 57.4 Å². The number of hydrogen-bond donors (Lipinski definition) is 1. The molecule has 7 heteroatoms. The van der Waals surface area contributed by atoms with Crippen molar-refractivity contribution in [2.24, 2.45) is 0 Å².